The summed E-state index contributed by atoms with van der Waals surface area (Å²) >= 11 is 17.7. The molecule has 0 saturated carbocycles. The summed E-state index contributed by atoms with van der Waals surface area (Å²) in [7, 11) is 0. The maximum Gasteiger partial charge on any atom is 0.169 e. The minimum absolute atomic E-state index is 0.230. The molecule has 1 aromatic carbocycles. The van der Waals surface area contributed by atoms with Gasteiger partial charge in [-0.1, -0.05) is 40.9 Å². The fourth-order valence-corrected chi connectivity index (χ4v) is 2.11. The molecule has 0 unspecified atom stereocenters. The van der Waals surface area contributed by atoms with Crippen molar-refractivity contribution in [1.29, 1.82) is 0 Å². The summed E-state index contributed by atoms with van der Waals surface area (Å²) in [5.41, 5.74) is 1.75. The Morgan fingerprint density at radius 1 is 1.17 bits per heavy atom. The van der Waals surface area contributed by atoms with Crippen molar-refractivity contribution in [1.82, 2.24) is 9.66 Å². The fraction of sp³-hybridized carbons (Fsp3) is 0.100. The highest BCUT2D eigenvalue weighted by Gasteiger charge is 2.18. The highest BCUT2D eigenvalue weighted by molar-refractivity contribution is 6.40. The van der Waals surface area contributed by atoms with Gasteiger partial charge in [0, 0.05) is 10.6 Å². The van der Waals surface area contributed by atoms with Crippen molar-refractivity contribution in [2.45, 2.75) is 6.54 Å². The molecule has 1 aliphatic heterocycles. The number of halogens is 3. The normalized spacial score (nSPS) is 13.8. The van der Waals surface area contributed by atoms with Crippen LogP contribution >= 0.6 is 34.8 Å². The number of rotatable bonds is 1. The molecule has 0 bridgehead atoms. The van der Waals surface area contributed by atoms with E-state index in [2.05, 4.69) is 15.3 Å². The van der Waals surface area contributed by atoms with Gasteiger partial charge in [0.05, 0.1) is 12.2 Å². The molecule has 0 radical (unpaired) electrons. The first-order chi connectivity index (χ1) is 8.65. The Morgan fingerprint density at radius 2 is 2.00 bits per heavy atom. The van der Waals surface area contributed by atoms with Gasteiger partial charge in [0.15, 0.2) is 10.3 Å². The molecule has 2 aromatic rings. The largest absolute Gasteiger partial charge is 0.221 e. The third-order valence-electron chi connectivity index (χ3n) is 2.52. The number of imidazole rings is 1. The van der Waals surface area contributed by atoms with Crippen molar-refractivity contribution in [3.05, 3.63) is 45.4 Å². The van der Waals surface area contributed by atoms with Gasteiger partial charge in [0.25, 0.3) is 0 Å². The average molecular weight is 303 g/mol. The van der Waals surface area contributed by atoms with Gasteiger partial charge in [0.2, 0.25) is 0 Å². The predicted molar refractivity (Wildman–Crippen MR) is 70.1 cm³/mol. The van der Waals surface area contributed by atoms with Crippen LogP contribution in [-0.4, -0.2) is 9.66 Å². The summed E-state index contributed by atoms with van der Waals surface area (Å²) in [6.07, 6.45) is 1.49. The van der Waals surface area contributed by atoms with Gasteiger partial charge in [-0.3, -0.25) is 0 Å². The minimum Gasteiger partial charge on any atom is -0.221 e. The maximum absolute atomic E-state index is 6.00. The van der Waals surface area contributed by atoms with Crippen LogP contribution in [0.1, 0.15) is 5.56 Å². The molecule has 0 atom stereocenters. The van der Waals surface area contributed by atoms with E-state index in [0.717, 1.165) is 11.3 Å². The summed E-state index contributed by atoms with van der Waals surface area (Å²) in [6, 6.07) is 5.47. The summed E-state index contributed by atoms with van der Waals surface area (Å²) < 4.78 is 1.53. The Labute approximate surface area is 118 Å². The smallest absolute Gasteiger partial charge is 0.169 e. The standard InChI is InChI=1S/C10H6Cl3N5/c11-7-2-1-6-4-18(16-15-8(6)3-7)17-5-14-9(12)10(17)13/h1-3,5H,4H2. The Hall–Kier alpha value is -1.30. The second kappa shape index (κ2) is 4.42. The molecule has 2 heterocycles. The van der Waals surface area contributed by atoms with Crippen LogP contribution in [-0.2, 0) is 6.54 Å². The first kappa shape index (κ1) is 11.8. The van der Waals surface area contributed by atoms with E-state index in [1.807, 2.05) is 12.1 Å². The third kappa shape index (κ3) is 1.94. The lowest BCUT2D eigenvalue weighted by atomic mass is 10.2. The highest BCUT2D eigenvalue weighted by Crippen LogP contribution is 2.30. The molecule has 1 aliphatic rings. The number of hydrogen-bond donors (Lipinski definition) is 0. The molecule has 1 aromatic heterocycles. The van der Waals surface area contributed by atoms with Gasteiger partial charge >= 0.3 is 0 Å². The van der Waals surface area contributed by atoms with Crippen LogP contribution in [0.2, 0.25) is 15.3 Å². The van der Waals surface area contributed by atoms with E-state index >= 15 is 0 Å². The van der Waals surface area contributed by atoms with Crippen molar-refractivity contribution in [3.63, 3.8) is 0 Å². The van der Waals surface area contributed by atoms with Crippen molar-refractivity contribution in [2.24, 2.45) is 10.3 Å². The lowest BCUT2D eigenvalue weighted by molar-refractivity contribution is 0.567. The predicted octanol–water partition coefficient (Wildman–Crippen LogP) is 3.99. The minimum atomic E-state index is 0.230. The van der Waals surface area contributed by atoms with Gasteiger partial charge in [-0.25, -0.2) is 9.66 Å². The quantitative estimate of drug-likeness (QED) is 0.799. The third-order valence-corrected chi connectivity index (χ3v) is 3.48. The zero-order valence-electron chi connectivity index (χ0n) is 8.89. The molecule has 0 spiro atoms. The lowest BCUT2D eigenvalue weighted by Gasteiger charge is -2.23. The molecule has 0 fully saturated rings. The highest BCUT2D eigenvalue weighted by atomic mass is 35.5. The zero-order valence-corrected chi connectivity index (χ0v) is 11.2. The second-order valence-electron chi connectivity index (χ2n) is 3.66. The molecule has 0 N–H and O–H groups in total. The fourth-order valence-electron chi connectivity index (χ4n) is 1.63. The zero-order chi connectivity index (χ0) is 12.7. The van der Waals surface area contributed by atoms with E-state index in [-0.39, 0.29) is 5.15 Å². The van der Waals surface area contributed by atoms with E-state index in [1.54, 1.807) is 11.2 Å². The molecule has 3 rings (SSSR count). The topological polar surface area (TPSA) is 45.8 Å². The van der Waals surface area contributed by atoms with Crippen LogP contribution in [0.5, 0.6) is 0 Å². The maximum atomic E-state index is 6.00. The monoisotopic (exact) mass is 301 g/mol. The van der Waals surface area contributed by atoms with Gasteiger partial charge in [-0.15, -0.1) is 5.11 Å². The molecule has 0 amide bonds. The van der Waals surface area contributed by atoms with Crippen molar-refractivity contribution in [3.8, 4) is 0 Å². The summed E-state index contributed by atoms with van der Waals surface area (Å²) in [5.74, 6) is 0. The molecule has 0 saturated heterocycles. The first-order valence-electron chi connectivity index (χ1n) is 5.01. The Bertz CT molecular complexity index is 636. The van der Waals surface area contributed by atoms with Gasteiger partial charge < -0.3 is 0 Å². The Balaban J connectivity index is 1.97. The molecular formula is C10H6Cl3N5. The number of fused-ring (bicyclic) bond motifs is 1. The number of hydrogen-bond acceptors (Lipinski definition) is 4. The van der Waals surface area contributed by atoms with E-state index in [0.29, 0.717) is 16.7 Å². The number of benzene rings is 1. The van der Waals surface area contributed by atoms with E-state index < -0.39 is 0 Å². The molecule has 8 heteroatoms. The Kier molecular flexibility index (Phi) is 2.89. The molecule has 0 aliphatic carbocycles. The van der Waals surface area contributed by atoms with Crippen molar-refractivity contribution < 1.29 is 0 Å². The van der Waals surface area contributed by atoms with Crippen LogP contribution in [0, 0.1) is 0 Å². The lowest BCUT2D eigenvalue weighted by Crippen LogP contribution is -2.29. The molecular weight excluding hydrogens is 297 g/mol. The van der Waals surface area contributed by atoms with Crippen LogP contribution in [0.15, 0.2) is 34.9 Å². The van der Waals surface area contributed by atoms with Crippen molar-refractivity contribution >= 4 is 40.5 Å². The number of aromatic nitrogens is 2. The summed E-state index contributed by atoms with van der Waals surface area (Å²) in [5, 5.41) is 10.8. The average Bonchev–Trinajstić information content (AvgIpc) is 2.69. The number of nitrogens with zero attached hydrogens (tertiary/aromatic N) is 5. The van der Waals surface area contributed by atoms with Crippen LogP contribution in [0.25, 0.3) is 0 Å². The Morgan fingerprint density at radius 3 is 2.72 bits per heavy atom. The van der Waals surface area contributed by atoms with Crippen molar-refractivity contribution in [2.75, 3.05) is 5.12 Å². The SMILES string of the molecule is Clc1ccc2c(c1)N=NN(n1cnc(Cl)c1Cl)C2. The van der Waals surface area contributed by atoms with Gasteiger partial charge in [-0.05, 0) is 17.4 Å². The van der Waals surface area contributed by atoms with E-state index in [9.17, 15) is 0 Å². The second-order valence-corrected chi connectivity index (χ2v) is 4.82. The first-order valence-corrected chi connectivity index (χ1v) is 6.15. The van der Waals surface area contributed by atoms with Crippen LogP contribution in [0.4, 0.5) is 5.69 Å². The summed E-state index contributed by atoms with van der Waals surface area (Å²) in [4.78, 5) is 3.89. The molecule has 92 valence electrons. The van der Waals surface area contributed by atoms with E-state index in [4.69, 9.17) is 34.8 Å². The molecule has 5 nitrogen and oxygen atoms in total. The van der Waals surface area contributed by atoms with E-state index in [1.165, 1.54) is 11.0 Å². The van der Waals surface area contributed by atoms with Crippen LogP contribution in [0.3, 0.4) is 0 Å². The van der Waals surface area contributed by atoms with Crippen LogP contribution < -0.4 is 5.12 Å². The van der Waals surface area contributed by atoms with Gasteiger partial charge in [-0.2, -0.15) is 5.12 Å². The summed E-state index contributed by atoms with van der Waals surface area (Å²) in [6.45, 7) is 0.516. The van der Waals surface area contributed by atoms with Gasteiger partial charge in [0.1, 0.15) is 6.33 Å². The molecule has 18 heavy (non-hydrogen) atoms.